The second kappa shape index (κ2) is 7.94. The van der Waals surface area contributed by atoms with Crippen molar-refractivity contribution in [1.82, 2.24) is 9.80 Å². The molecule has 0 spiro atoms. The van der Waals surface area contributed by atoms with Gasteiger partial charge in [-0.05, 0) is 58.3 Å². The number of benzene rings is 1. The van der Waals surface area contributed by atoms with Gasteiger partial charge in [-0.1, -0.05) is 24.6 Å². The number of piperidine rings is 1. The Kier molecular flexibility index (Phi) is 6.01. The summed E-state index contributed by atoms with van der Waals surface area (Å²) in [6, 6.07) is 6.51. The van der Waals surface area contributed by atoms with Gasteiger partial charge >= 0.3 is 0 Å². The van der Waals surface area contributed by atoms with Crippen LogP contribution in [0.25, 0.3) is 0 Å². The summed E-state index contributed by atoms with van der Waals surface area (Å²) < 4.78 is 28.7. The third-order valence-corrected chi connectivity index (χ3v) is 9.42. The zero-order valence-electron chi connectivity index (χ0n) is 17.9. The molecule has 30 heavy (non-hydrogen) atoms. The van der Waals surface area contributed by atoms with E-state index in [9.17, 15) is 18.0 Å². The van der Waals surface area contributed by atoms with Crippen molar-refractivity contribution in [3.05, 3.63) is 29.8 Å². The van der Waals surface area contributed by atoms with Gasteiger partial charge in [-0.15, -0.1) is 0 Å². The predicted molar refractivity (Wildman–Crippen MR) is 114 cm³/mol. The minimum Gasteiger partial charge on any atom is -0.369 e. The Hall–Kier alpha value is -1.97. The Labute approximate surface area is 178 Å². The van der Waals surface area contributed by atoms with E-state index >= 15 is 0 Å². The molecule has 3 rings (SSSR count). The summed E-state index contributed by atoms with van der Waals surface area (Å²) in [5.74, 6) is -1.98. The predicted octanol–water partition coefficient (Wildman–Crippen LogP) is 0.980. The lowest BCUT2D eigenvalue weighted by molar-refractivity contribution is -0.146. The average Bonchev–Trinajstić information content (AvgIpc) is 3.09. The minimum absolute atomic E-state index is 0.0775. The van der Waals surface area contributed by atoms with Crippen molar-refractivity contribution in [2.24, 2.45) is 17.4 Å². The van der Waals surface area contributed by atoms with Gasteiger partial charge in [0.2, 0.25) is 21.7 Å². The number of likely N-dealkylation sites (tertiary alicyclic amines) is 2. The van der Waals surface area contributed by atoms with Crippen molar-refractivity contribution < 1.29 is 18.0 Å². The van der Waals surface area contributed by atoms with Gasteiger partial charge in [0.1, 0.15) is 5.66 Å². The van der Waals surface area contributed by atoms with E-state index < -0.39 is 32.2 Å². The molecule has 2 amide bonds. The second-order valence-corrected chi connectivity index (χ2v) is 10.6. The fraction of sp³-hybridized carbons (Fsp3) is 0.619. The van der Waals surface area contributed by atoms with Crippen LogP contribution in [0, 0.1) is 12.8 Å². The Morgan fingerprint density at radius 1 is 1.17 bits per heavy atom. The normalized spacial score (nSPS) is 30.4. The van der Waals surface area contributed by atoms with Crippen LogP contribution in [0.2, 0.25) is 0 Å². The van der Waals surface area contributed by atoms with Gasteiger partial charge in [0, 0.05) is 13.0 Å². The lowest BCUT2D eigenvalue weighted by Gasteiger charge is -2.58. The number of hydrogen-bond donors (Lipinski definition) is 2. The fourth-order valence-corrected chi connectivity index (χ4v) is 8.04. The monoisotopic (exact) mass is 436 g/mol. The number of rotatable bonds is 5. The maximum atomic E-state index is 14.3. The van der Waals surface area contributed by atoms with Crippen molar-refractivity contribution >= 4 is 21.7 Å². The molecular formula is C21H32N4O4S. The van der Waals surface area contributed by atoms with Crippen LogP contribution in [-0.2, 0) is 19.4 Å². The van der Waals surface area contributed by atoms with E-state index in [2.05, 4.69) is 0 Å². The van der Waals surface area contributed by atoms with Crippen LogP contribution >= 0.6 is 0 Å². The maximum absolute atomic E-state index is 14.3. The molecule has 9 heteroatoms. The van der Waals surface area contributed by atoms with E-state index in [4.69, 9.17) is 11.5 Å². The standard InChI is InChI=1S/C21H32N4O4S/c1-4-18(26)25-14-6-12-20(25,23)21(17(19(22)27)7-5-13-24(21)3)30(28,29)16-10-8-15(2)9-11-16/h8-11,17H,4-7,12-14,23H2,1-3H3,(H2,22,27). The van der Waals surface area contributed by atoms with Crippen LogP contribution in [-0.4, -0.2) is 60.7 Å². The number of hydrogen-bond acceptors (Lipinski definition) is 6. The van der Waals surface area contributed by atoms with Crippen LogP contribution in [0.3, 0.4) is 0 Å². The van der Waals surface area contributed by atoms with Crippen LogP contribution < -0.4 is 11.5 Å². The minimum atomic E-state index is -4.19. The first-order valence-corrected chi connectivity index (χ1v) is 11.9. The molecule has 0 radical (unpaired) electrons. The van der Waals surface area contributed by atoms with Crippen LogP contribution in [0.5, 0.6) is 0 Å². The molecule has 1 aromatic rings. The van der Waals surface area contributed by atoms with E-state index in [1.807, 2.05) is 6.92 Å². The zero-order valence-corrected chi connectivity index (χ0v) is 18.7. The van der Waals surface area contributed by atoms with Gasteiger partial charge in [-0.3, -0.25) is 14.5 Å². The molecule has 0 saturated carbocycles. The van der Waals surface area contributed by atoms with E-state index in [1.165, 1.54) is 17.0 Å². The Morgan fingerprint density at radius 2 is 1.80 bits per heavy atom. The van der Waals surface area contributed by atoms with Crippen LogP contribution in [0.1, 0.15) is 44.6 Å². The summed E-state index contributed by atoms with van der Waals surface area (Å²) in [4.78, 5) is 26.8. The molecule has 166 valence electrons. The van der Waals surface area contributed by atoms with Gasteiger partial charge in [0.05, 0.1) is 10.8 Å². The van der Waals surface area contributed by atoms with Crippen molar-refractivity contribution in [1.29, 1.82) is 0 Å². The molecule has 2 heterocycles. The third kappa shape index (κ3) is 3.06. The molecule has 2 saturated heterocycles. The molecular weight excluding hydrogens is 404 g/mol. The van der Waals surface area contributed by atoms with Crippen molar-refractivity contribution in [3.63, 3.8) is 0 Å². The number of amides is 2. The summed E-state index contributed by atoms with van der Waals surface area (Å²) >= 11 is 0. The van der Waals surface area contributed by atoms with Crippen LogP contribution in [0.4, 0.5) is 0 Å². The topological polar surface area (TPSA) is 127 Å². The Balaban J connectivity index is 2.36. The van der Waals surface area contributed by atoms with E-state index in [1.54, 1.807) is 31.0 Å². The maximum Gasteiger partial charge on any atom is 0.223 e. The summed E-state index contributed by atoms with van der Waals surface area (Å²) in [7, 11) is -2.53. The number of carbonyl (C=O) groups is 2. The van der Waals surface area contributed by atoms with E-state index in [0.717, 1.165) is 5.56 Å². The lowest BCUT2D eigenvalue weighted by Crippen LogP contribution is -2.81. The number of nitrogens with two attached hydrogens (primary N) is 2. The number of likely N-dealkylation sites (N-methyl/N-ethyl adjacent to an activating group) is 1. The van der Waals surface area contributed by atoms with E-state index in [-0.39, 0.29) is 23.6 Å². The average molecular weight is 437 g/mol. The fourth-order valence-electron chi connectivity index (χ4n) is 5.40. The first-order valence-electron chi connectivity index (χ1n) is 10.4. The van der Waals surface area contributed by atoms with Gasteiger partial charge in [-0.2, -0.15) is 0 Å². The largest absolute Gasteiger partial charge is 0.369 e. The molecule has 3 atom stereocenters. The molecule has 0 aromatic heterocycles. The highest BCUT2D eigenvalue weighted by Gasteiger charge is 2.70. The van der Waals surface area contributed by atoms with Gasteiger partial charge in [0.15, 0.2) is 4.87 Å². The van der Waals surface area contributed by atoms with Gasteiger partial charge in [0.25, 0.3) is 0 Å². The molecule has 0 aliphatic carbocycles. The molecule has 8 nitrogen and oxygen atoms in total. The number of sulfone groups is 1. The highest BCUT2D eigenvalue weighted by Crippen LogP contribution is 2.51. The zero-order chi connectivity index (χ0) is 22.3. The summed E-state index contributed by atoms with van der Waals surface area (Å²) in [6.07, 6.45) is 1.96. The molecule has 2 aliphatic heterocycles. The molecule has 0 bridgehead atoms. The number of carbonyl (C=O) groups excluding carboxylic acids is 2. The molecule has 3 unspecified atom stereocenters. The SMILES string of the molecule is CCC(=O)N1CCCC1(N)C1(S(=O)(=O)c2ccc(C)cc2)C(C(N)=O)CCCN1C. The number of nitrogens with zero attached hydrogens (tertiary/aromatic N) is 2. The summed E-state index contributed by atoms with van der Waals surface area (Å²) in [5.41, 5.74) is 12.1. The van der Waals surface area contributed by atoms with Gasteiger partial charge < -0.3 is 16.4 Å². The Morgan fingerprint density at radius 3 is 2.37 bits per heavy atom. The summed E-state index contributed by atoms with van der Waals surface area (Å²) in [5, 5.41) is 0. The molecule has 4 N–H and O–H groups in total. The summed E-state index contributed by atoms with van der Waals surface area (Å²) in [6.45, 7) is 4.38. The highest BCUT2D eigenvalue weighted by molar-refractivity contribution is 7.93. The van der Waals surface area contributed by atoms with Gasteiger partial charge in [-0.25, -0.2) is 8.42 Å². The lowest BCUT2D eigenvalue weighted by atomic mass is 9.78. The quantitative estimate of drug-likeness (QED) is 0.708. The second-order valence-electron chi connectivity index (χ2n) is 8.46. The molecule has 2 fully saturated rings. The smallest absolute Gasteiger partial charge is 0.223 e. The first kappa shape index (κ1) is 22.7. The molecule has 1 aromatic carbocycles. The van der Waals surface area contributed by atoms with E-state index in [0.29, 0.717) is 32.4 Å². The highest BCUT2D eigenvalue weighted by atomic mass is 32.2. The third-order valence-electron chi connectivity index (χ3n) is 6.76. The Bertz CT molecular complexity index is 933. The number of primary amides is 1. The van der Waals surface area contributed by atoms with Crippen molar-refractivity contribution in [3.8, 4) is 0 Å². The molecule has 2 aliphatic rings. The first-order chi connectivity index (χ1) is 14.0. The van der Waals surface area contributed by atoms with Crippen LogP contribution in [0.15, 0.2) is 29.2 Å². The van der Waals surface area contributed by atoms with Crippen molar-refractivity contribution in [2.75, 3.05) is 20.1 Å². The van der Waals surface area contributed by atoms with Crippen molar-refractivity contribution in [2.45, 2.75) is 61.4 Å². The number of aryl methyl sites for hydroxylation is 1.